The van der Waals surface area contributed by atoms with E-state index < -0.39 is 0 Å². The number of nitrogens with zero attached hydrogens (tertiary/aromatic N) is 1. The van der Waals surface area contributed by atoms with Gasteiger partial charge in [-0.15, -0.1) is 0 Å². The molecule has 1 fully saturated rings. The van der Waals surface area contributed by atoms with Crippen molar-refractivity contribution in [2.45, 2.75) is 13.5 Å². The normalized spacial score (nSPS) is 15.7. The number of carbonyl (C=O) groups is 1. The Balaban J connectivity index is 1.76. The highest BCUT2D eigenvalue weighted by Crippen LogP contribution is 2.34. The Hall–Kier alpha value is -2.31. The molecule has 6 heteroatoms. The highest BCUT2D eigenvalue weighted by atomic mass is 32.2. The van der Waals surface area contributed by atoms with Crippen LogP contribution >= 0.6 is 24.0 Å². The van der Waals surface area contributed by atoms with Crippen LogP contribution in [0.5, 0.6) is 11.5 Å². The van der Waals surface area contributed by atoms with E-state index in [1.54, 1.807) is 14.2 Å². The molecule has 2 aromatic rings. The number of rotatable bonds is 5. The van der Waals surface area contributed by atoms with Gasteiger partial charge >= 0.3 is 0 Å². The smallest absolute Gasteiger partial charge is 0.265 e. The molecule has 0 aromatic heterocycles. The predicted molar refractivity (Wildman–Crippen MR) is 109 cm³/mol. The van der Waals surface area contributed by atoms with Crippen LogP contribution in [-0.4, -0.2) is 29.3 Å². The summed E-state index contributed by atoms with van der Waals surface area (Å²) in [6.45, 7) is 2.52. The minimum atomic E-state index is -0.0846. The molecule has 1 saturated heterocycles. The molecule has 2 aromatic carbocycles. The summed E-state index contributed by atoms with van der Waals surface area (Å²) >= 11 is 6.45. The second kappa shape index (κ2) is 7.93. The predicted octanol–water partition coefficient (Wildman–Crippen LogP) is 4.41. The van der Waals surface area contributed by atoms with Crippen LogP contribution in [0.25, 0.3) is 6.08 Å². The minimum Gasteiger partial charge on any atom is -0.493 e. The molecule has 0 aliphatic carbocycles. The second-order valence-corrected chi connectivity index (χ2v) is 7.60. The molecule has 1 aliphatic heterocycles. The first kappa shape index (κ1) is 18.5. The average molecular weight is 386 g/mol. The largest absolute Gasteiger partial charge is 0.493 e. The summed E-state index contributed by atoms with van der Waals surface area (Å²) in [6.07, 6.45) is 1.81. The highest BCUT2D eigenvalue weighted by molar-refractivity contribution is 8.26. The maximum atomic E-state index is 12.1. The zero-order valence-corrected chi connectivity index (χ0v) is 16.4. The van der Waals surface area contributed by atoms with Crippen molar-refractivity contribution in [1.82, 2.24) is 4.90 Å². The lowest BCUT2D eigenvalue weighted by molar-refractivity contribution is -0.121. The SMILES string of the molecule is COc1cc(/C=C2/SC(=S)N(C)C2=O)ccc1OCc1ccc(C)cc1. The molecule has 1 amide bonds. The molecule has 0 spiro atoms. The molecule has 3 rings (SSSR count). The molecule has 0 radical (unpaired) electrons. The molecule has 1 heterocycles. The van der Waals surface area contributed by atoms with E-state index in [-0.39, 0.29) is 5.91 Å². The number of likely N-dealkylation sites (N-methyl/N-ethyl adjacent to an activating group) is 1. The van der Waals surface area contributed by atoms with Gasteiger partial charge in [0.2, 0.25) is 0 Å². The van der Waals surface area contributed by atoms with Crippen LogP contribution < -0.4 is 9.47 Å². The van der Waals surface area contributed by atoms with Gasteiger partial charge in [-0.05, 0) is 36.3 Å². The van der Waals surface area contributed by atoms with Gasteiger partial charge in [0, 0.05) is 7.05 Å². The second-order valence-electron chi connectivity index (χ2n) is 5.93. The van der Waals surface area contributed by atoms with Gasteiger partial charge in [0.05, 0.1) is 12.0 Å². The van der Waals surface area contributed by atoms with Crippen molar-refractivity contribution in [2.75, 3.05) is 14.2 Å². The monoisotopic (exact) mass is 385 g/mol. The maximum Gasteiger partial charge on any atom is 0.265 e. The van der Waals surface area contributed by atoms with E-state index in [4.69, 9.17) is 21.7 Å². The van der Waals surface area contributed by atoms with Crippen molar-refractivity contribution in [1.29, 1.82) is 0 Å². The van der Waals surface area contributed by atoms with Crippen molar-refractivity contribution in [3.8, 4) is 11.5 Å². The van der Waals surface area contributed by atoms with E-state index in [9.17, 15) is 4.79 Å². The summed E-state index contributed by atoms with van der Waals surface area (Å²) < 4.78 is 11.9. The third-order valence-electron chi connectivity index (χ3n) is 3.99. The molecule has 134 valence electrons. The number of benzene rings is 2. The van der Waals surface area contributed by atoms with Gasteiger partial charge in [0.1, 0.15) is 10.9 Å². The Kier molecular flexibility index (Phi) is 5.64. The highest BCUT2D eigenvalue weighted by Gasteiger charge is 2.28. The van der Waals surface area contributed by atoms with E-state index >= 15 is 0 Å². The van der Waals surface area contributed by atoms with Crippen molar-refractivity contribution in [3.05, 3.63) is 64.1 Å². The van der Waals surface area contributed by atoms with Crippen LogP contribution in [-0.2, 0) is 11.4 Å². The Labute approximate surface area is 162 Å². The van der Waals surface area contributed by atoms with Crippen LogP contribution in [0.1, 0.15) is 16.7 Å². The molecule has 0 unspecified atom stereocenters. The first-order chi connectivity index (χ1) is 12.5. The molecule has 0 atom stereocenters. The van der Waals surface area contributed by atoms with Crippen LogP contribution in [0.15, 0.2) is 47.4 Å². The Morgan fingerprint density at radius 2 is 1.88 bits per heavy atom. The Morgan fingerprint density at radius 3 is 2.50 bits per heavy atom. The third-order valence-corrected chi connectivity index (χ3v) is 5.47. The summed E-state index contributed by atoms with van der Waals surface area (Å²) in [5.74, 6) is 1.20. The lowest BCUT2D eigenvalue weighted by Crippen LogP contribution is -2.22. The van der Waals surface area contributed by atoms with Gasteiger partial charge in [-0.1, -0.05) is 59.9 Å². The van der Waals surface area contributed by atoms with Crippen LogP contribution in [0, 0.1) is 6.92 Å². The minimum absolute atomic E-state index is 0.0846. The molecule has 1 aliphatic rings. The van der Waals surface area contributed by atoms with Crippen molar-refractivity contribution >= 4 is 40.3 Å². The number of methoxy groups -OCH3 is 1. The van der Waals surface area contributed by atoms with Crippen LogP contribution in [0.2, 0.25) is 0 Å². The number of thiocarbonyl (C=S) groups is 1. The summed E-state index contributed by atoms with van der Waals surface area (Å²) in [6, 6.07) is 13.8. The number of amides is 1. The summed E-state index contributed by atoms with van der Waals surface area (Å²) in [4.78, 5) is 14.2. The summed E-state index contributed by atoms with van der Waals surface area (Å²) in [5, 5.41) is 0. The van der Waals surface area contributed by atoms with Crippen molar-refractivity contribution < 1.29 is 14.3 Å². The average Bonchev–Trinajstić information content (AvgIpc) is 2.88. The molecule has 0 bridgehead atoms. The fourth-order valence-electron chi connectivity index (χ4n) is 2.44. The Morgan fingerprint density at radius 1 is 1.15 bits per heavy atom. The molecular weight excluding hydrogens is 366 g/mol. The van der Waals surface area contributed by atoms with Gasteiger partial charge in [0.15, 0.2) is 11.5 Å². The van der Waals surface area contributed by atoms with Gasteiger partial charge in [-0.2, -0.15) is 0 Å². The first-order valence-electron chi connectivity index (χ1n) is 8.06. The van der Waals surface area contributed by atoms with Gasteiger partial charge in [-0.3, -0.25) is 9.69 Å². The zero-order valence-electron chi connectivity index (χ0n) is 14.8. The van der Waals surface area contributed by atoms with Gasteiger partial charge in [0.25, 0.3) is 5.91 Å². The molecule has 4 nitrogen and oxygen atoms in total. The van der Waals surface area contributed by atoms with E-state index in [1.165, 1.54) is 22.2 Å². The van der Waals surface area contributed by atoms with Gasteiger partial charge in [-0.25, -0.2) is 0 Å². The lowest BCUT2D eigenvalue weighted by Gasteiger charge is -2.12. The standard InChI is InChI=1S/C20H19NO3S2/c1-13-4-6-14(7-5-13)12-24-16-9-8-15(10-17(16)23-3)11-18-19(22)21(2)20(25)26-18/h4-11H,12H2,1-3H3/b18-11+. The molecular formula is C20H19NO3S2. The topological polar surface area (TPSA) is 38.8 Å². The Bertz CT molecular complexity index is 875. The molecule has 26 heavy (non-hydrogen) atoms. The van der Waals surface area contributed by atoms with E-state index in [2.05, 4.69) is 19.1 Å². The zero-order chi connectivity index (χ0) is 18.7. The first-order valence-corrected chi connectivity index (χ1v) is 9.28. The number of carbonyl (C=O) groups excluding carboxylic acids is 1. The number of hydrogen-bond acceptors (Lipinski definition) is 5. The van der Waals surface area contributed by atoms with Crippen molar-refractivity contribution in [2.24, 2.45) is 0 Å². The third kappa shape index (κ3) is 4.08. The van der Waals surface area contributed by atoms with E-state index in [0.29, 0.717) is 27.3 Å². The number of hydrogen-bond donors (Lipinski definition) is 0. The van der Waals surface area contributed by atoms with Crippen LogP contribution in [0.3, 0.4) is 0 Å². The van der Waals surface area contributed by atoms with E-state index in [1.807, 2.05) is 36.4 Å². The quantitative estimate of drug-likeness (QED) is 0.563. The number of ether oxygens (including phenoxy) is 2. The lowest BCUT2D eigenvalue weighted by atomic mass is 10.1. The van der Waals surface area contributed by atoms with Crippen molar-refractivity contribution in [3.63, 3.8) is 0 Å². The summed E-state index contributed by atoms with van der Waals surface area (Å²) in [7, 11) is 3.28. The van der Waals surface area contributed by atoms with Gasteiger partial charge < -0.3 is 9.47 Å². The fraction of sp³-hybridized carbons (Fsp3) is 0.200. The maximum absolute atomic E-state index is 12.1. The van der Waals surface area contributed by atoms with Crippen LogP contribution in [0.4, 0.5) is 0 Å². The number of thioether (sulfide) groups is 1. The number of aryl methyl sites for hydroxylation is 1. The fourth-order valence-corrected chi connectivity index (χ4v) is 3.62. The summed E-state index contributed by atoms with van der Waals surface area (Å²) in [5.41, 5.74) is 3.17. The van der Waals surface area contributed by atoms with E-state index in [0.717, 1.165) is 11.1 Å². The molecule has 0 N–H and O–H groups in total. The molecule has 0 saturated carbocycles.